The molecule has 0 aliphatic carbocycles. The molecule has 0 saturated heterocycles. The van der Waals surface area contributed by atoms with Crippen molar-refractivity contribution in [2.75, 3.05) is 6.54 Å². The average Bonchev–Trinajstić information content (AvgIpc) is 2.99. The molecular weight excluding hydrogens is 370 g/mol. The Hall–Kier alpha value is -3.04. The van der Waals surface area contributed by atoms with E-state index in [-0.39, 0.29) is 17.7 Å². The number of amides is 1. The van der Waals surface area contributed by atoms with Gasteiger partial charge in [0.05, 0.1) is 6.04 Å². The molecule has 28 heavy (non-hydrogen) atoms. The Labute approximate surface area is 169 Å². The minimum Gasteiger partial charge on any atom is -0.503 e. The third-order valence-corrected chi connectivity index (χ3v) is 5.31. The van der Waals surface area contributed by atoms with Crippen molar-refractivity contribution in [3.8, 4) is 0 Å². The molecule has 0 saturated carbocycles. The summed E-state index contributed by atoms with van der Waals surface area (Å²) in [6, 6.07) is 26.7. The molecule has 1 atom stereocenters. The van der Waals surface area contributed by atoms with E-state index in [1.54, 1.807) is 4.90 Å². The van der Waals surface area contributed by atoms with Crippen molar-refractivity contribution in [1.29, 1.82) is 0 Å². The van der Waals surface area contributed by atoms with Gasteiger partial charge in [-0.3, -0.25) is 4.79 Å². The van der Waals surface area contributed by atoms with Gasteiger partial charge in [0, 0.05) is 17.1 Å². The van der Waals surface area contributed by atoms with E-state index in [0.717, 1.165) is 16.7 Å². The van der Waals surface area contributed by atoms with Gasteiger partial charge in [-0.1, -0.05) is 84.4 Å². The second kappa shape index (κ2) is 7.91. The lowest BCUT2D eigenvalue weighted by molar-refractivity contribution is -0.129. The molecule has 4 heteroatoms. The van der Waals surface area contributed by atoms with Crippen molar-refractivity contribution in [3.63, 3.8) is 0 Å². The fourth-order valence-corrected chi connectivity index (χ4v) is 3.81. The number of benzene rings is 3. The Morgan fingerprint density at radius 2 is 1.46 bits per heavy atom. The molecule has 140 valence electrons. The molecule has 1 aliphatic rings. The first-order chi connectivity index (χ1) is 13.6. The highest BCUT2D eigenvalue weighted by atomic mass is 35.5. The minimum absolute atomic E-state index is 0.181. The smallest absolute Gasteiger partial charge is 0.289 e. The second-order valence-electron chi connectivity index (χ2n) is 6.82. The van der Waals surface area contributed by atoms with Gasteiger partial charge in [-0.25, -0.2) is 0 Å². The van der Waals surface area contributed by atoms with Crippen LogP contribution < -0.4 is 0 Å². The van der Waals surface area contributed by atoms with E-state index < -0.39 is 0 Å². The summed E-state index contributed by atoms with van der Waals surface area (Å²) in [6.45, 7) is 0.510. The maximum absolute atomic E-state index is 13.0. The Balaban J connectivity index is 1.72. The Bertz CT molecular complexity index is 998. The van der Waals surface area contributed by atoms with Crippen LogP contribution in [0.15, 0.2) is 90.7 Å². The molecule has 1 aliphatic heterocycles. The van der Waals surface area contributed by atoms with Gasteiger partial charge in [-0.05, 0) is 35.2 Å². The highest BCUT2D eigenvalue weighted by Gasteiger charge is 2.40. The highest BCUT2D eigenvalue weighted by Crippen LogP contribution is 2.43. The van der Waals surface area contributed by atoms with Gasteiger partial charge in [0.1, 0.15) is 0 Å². The number of hydrogen-bond acceptors (Lipinski definition) is 2. The normalized spacial score (nSPS) is 16.7. The monoisotopic (exact) mass is 389 g/mol. The second-order valence-corrected chi connectivity index (χ2v) is 7.25. The molecule has 4 rings (SSSR count). The van der Waals surface area contributed by atoms with E-state index in [9.17, 15) is 9.90 Å². The number of rotatable bonds is 5. The van der Waals surface area contributed by atoms with Gasteiger partial charge in [0.15, 0.2) is 5.76 Å². The van der Waals surface area contributed by atoms with Crippen LogP contribution >= 0.6 is 11.6 Å². The fourth-order valence-electron chi connectivity index (χ4n) is 3.68. The molecule has 0 bridgehead atoms. The van der Waals surface area contributed by atoms with Gasteiger partial charge in [0.25, 0.3) is 5.91 Å². The number of aliphatic hydroxyl groups excluding tert-OH is 1. The SMILES string of the molecule is O=C1C(O)=C(c2ccccc2)[C@@H](c2ccc(Cl)cc2)N1CCc1ccccc1. The van der Waals surface area contributed by atoms with Gasteiger partial charge in [-0.2, -0.15) is 0 Å². The van der Waals surface area contributed by atoms with Crippen molar-refractivity contribution in [2.45, 2.75) is 12.5 Å². The quantitative estimate of drug-likeness (QED) is 0.631. The molecule has 0 aromatic heterocycles. The number of nitrogens with zero attached hydrogens (tertiary/aromatic N) is 1. The van der Waals surface area contributed by atoms with Crippen LogP contribution in [0.25, 0.3) is 5.57 Å². The Morgan fingerprint density at radius 3 is 2.11 bits per heavy atom. The van der Waals surface area contributed by atoms with E-state index in [4.69, 9.17) is 11.6 Å². The molecule has 3 aromatic rings. The summed E-state index contributed by atoms with van der Waals surface area (Å²) in [6.07, 6.45) is 0.714. The molecule has 0 radical (unpaired) electrons. The zero-order valence-electron chi connectivity index (χ0n) is 15.3. The summed E-state index contributed by atoms with van der Waals surface area (Å²) in [7, 11) is 0. The predicted molar refractivity (Wildman–Crippen MR) is 112 cm³/mol. The van der Waals surface area contributed by atoms with Gasteiger partial charge in [-0.15, -0.1) is 0 Å². The maximum Gasteiger partial charge on any atom is 0.289 e. The van der Waals surface area contributed by atoms with Crippen LogP contribution in [0.2, 0.25) is 5.02 Å². The van der Waals surface area contributed by atoms with Crippen molar-refractivity contribution < 1.29 is 9.90 Å². The van der Waals surface area contributed by atoms with Gasteiger partial charge < -0.3 is 10.0 Å². The first-order valence-corrected chi connectivity index (χ1v) is 9.62. The topological polar surface area (TPSA) is 40.5 Å². The Kier molecular flexibility index (Phi) is 5.18. The summed E-state index contributed by atoms with van der Waals surface area (Å²) >= 11 is 6.06. The maximum atomic E-state index is 13.0. The largest absolute Gasteiger partial charge is 0.503 e. The van der Waals surface area contributed by atoms with Crippen molar-refractivity contribution in [3.05, 3.63) is 112 Å². The molecule has 1 heterocycles. The fraction of sp³-hybridized carbons (Fsp3) is 0.125. The van der Waals surface area contributed by atoms with Crippen molar-refractivity contribution in [2.24, 2.45) is 0 Å². The van der Waals surface area contributed by atoms with E-state index >= 15 is 0 Å². The standard InChI is InChI=1S/C24H20ClNO2/c25-20-13-11-19(12-14-20)22-21(18-9-5-2-6-10-18)23(27)24(28)26(22)16-15-17-7-3-1-4-8-17/h1-14,22,27H,15-16H2/t22-/m1/s1. The number of carbonyl (C=O) groups is 1. The first-order valence-electron chi connectivity index (χ1n) is 9.24. The lowest BCUT2D eigenvalue weighted by Crippen LogP contribution is -2.32. The number of aliphatic hydroxyl groups is 1. The van der Waals surface area contributed by atoms with Crippen LogP contribution in [0.5, 0.6) is 0 Å². The molecule has 0 spiro atoms. The Morgan fingerprint density at radius 1 is 0.857 bits per heavy atom. The third kappa shape index (κ3) is 3.54. The molecule has 1 N–H and O–H groups in total. The average molecular weight is 390 g/mol. The summed E-state index contributed by atoms with van der Waals surface area (Å²) in [4.78, 5) is 14.7. The molecule has 0 fully saturated rings. The van der Waals surface area contributed by atoms with Gasteiger partial charge in [0.2, 0.25) is 0 Å². The number of carbonyl (C=O) groups excluding carboxylic acids is 1. The van der Waals surface area contributed by atoms with Crippen LogP contribution in [0.1, 0.15) is 22.7 Å². The predicted octanol–water partition coefficient (Wildman–Crippen LogP) is 5.44. The third-order valence-electron chi connectivity index (χ3n) is 5.06. The summed E-state index contributed by atoms with van der Waals surface area (Å²) in [5, 5.41) is 11.4. The molecule has 0 unspecified atom stereocenters. The van der Waals surface area contributed by atoms with Crippen LogP contribution in [0, 0.1) is 0 Å². The lowest BCUT2D eigenvalue weighted by Gasteiger charge is -2.27. The van der Waals surface area contributed by atoms with Crippen molar-refractivity contribution in [1.82, 2.24) is 4.90 Å². The molecular formula is C24H20ClNO2. The van der Waals surface area contributed by atoms with Crippen LogP contribution in [-0.2, 0) is 11.2 Å². The first kappa shape index (κ1) is 18.3. The van der Waals surface area contributed by atoms with Crippen LogP contribution in [-0.4, -0.2) is 22.5 Å². The van der Waals surface area contributed by atoms with Crippen LogP contribution in [0.3, 0.4) is 0 Å². The minimum atomic E-state index is -0.351. The molecule has 3 aromatic carbocycles. The number of halogens is 1. The lowest BCUT2D eigenvalue weighted by atomic mass is 9.93. The zero-order valence-corrected chi connectivity index (χ0v) is 16.0. The molecule has 1 amide bonds. The highest BCUT2D eigenvalue weighted by molar-refractivity contribution is 6.30. The molecule has 3 nitrogen and oxygen atoms in total. The summed E-state index contributed by atoms with van der Waals surface area (Å²) < 4.78 is 0. The van der Waals surface area contributed by atoms with E-state index in [0.29, 0.717) is 23.6 Å². The van der Waals surface area contributed by atoms with E-state index in [1.165, 1.54) is 0 Å². The van der Waals surface area contributed by atoms with Crippen molar-refractivity contribution >= 4 is 23.1 Å². The number of hydrogen-bond donors (Lipinski definition) is 1. The summed E-state index contributed by atoms with van der Waals surface area (Å²) in [5.41, 5.74) is 3.56. The van der Waals surface area contributed by atoms with Gasteiger partial charge >= 0.3 is 0 Å². The van der Waals surface area contributed by atoms with E-state index in [2.05, 4.69) is 0 Å². The summed E-state index contributed by atoms with van der Waals surface area (Å²) in [5.74, 6) is -0.519. The van der Waals surface area contributed by atoms with Crippen LogP contribution in [0.4, 0.5) is 0 Å². The van der Waals surface area contributed by atoms with E-state index in [1.807, 2.05) is 84.9 Å². The zero-order chi connectivity index (χ0) is 19.5.